The lowest BCUT2D eigenvalue weighted by Crippen LogP contribution is -2.55. The molecule has 9 heteroatoms. The largest absolute Gasteiger partial charge is 0.465 e. The van der Waals surface area contributed by atoms with E-state index in [1.54, 1.807) is 20.1 Å². The van der Waals surface area contributed by atoms with E-state index in [0.29, 0.717) is 24.3 Å². The molecule has 4 rings (SSSR count). The first kappa shape index (κ1) is 19.6. The third-order valence-electron chi connectivity index (χ3n) is 5.99. The minimum Gasteiger partial charge on any atom is -0.465 e. The van der Waals surface area contributed by atoms with Crippen LogP contribution < -0.4 is 11.1 Å². The van der Waals surface area contributed by atoms with Crippen LogP contribution in [0, 0.1) is 0 Å². The molecule has 156 valence electrons. The zero-order chi connectivity index (χ0) is 20.9. The number of pyridine rings is 1. The molecule has 1 N–H and O–H groups in total. The summed E-state index contributed by atoms with van der Waals surface area (Å²) in [6.45, 7) is 8.38. The molecule has 0 saturated carbocycles. The molecule has 0 aromatic carbocycles. The number of piperidine rings is 1. The van der Waals surface area contributed by atoms with E-state index < -0.39 is 11.6 Å². The van der Waals surface area contributed by atoms with Gasteiger partial charge in [0, 0.05) is 43.8 Å². The van der Waals surface area contributed by atoms with Gasteiger partial charge in [0.2, 0.25) is 0 Å². The van der Waals surface area contributed by atoms with Gasteiger partial charge >= 0.3 is 6.09 Å². The summed E-state index contributed by atoms with van der Waals surface area (Å²) < 4.78 is 3.32. The Morgan fingerprint density at radius 3 is 2.52 bits per heavy atom. The second-order valence-corrected chi connectivity index (χ2v) is 8.97. The van der Waals surface area contributed by atoms with Crippen LogP contribution in [0.15, 0.2) is 27.9 Å². The molecule has 1 unspecified atom stereocenters. The molecule has 1 fully saturated rings. The molecule has 29 heavy (non-hydrogen) atoms. The highest BCUT2D eigenvalue weighted by atomic mass is 16.4. The van der Waals surface area contributed by atoms with Crippen LogP contribution in [0.3, 0.4) is 0 Å². The van der Waals surface area contributed by atoms with Crippen LogP contribution in [-0.4, -0.2) is 66.3 Å². The fourth-order valence-electron chi connectivity index (χ4n) is 4.81. The number of hydrogen-bond donors (Lipinski definition) is 1. The Labute approximate surface area is 168 Å². The maximum absolute atomic E-state index is 12.5. The van der Waals surface area contributed by atoms with E-state index in [9.17, 15) is 19.5 Å². The molecule has 2 aromatic rings. The van der Waals surface area contributed by atoms with E-state index in [1.807, 2.05) is 20.8 Å². The van der Waals surface area contributed by atoms with Crippen molar-refractivity contribution in [3.63, 3.8) is 0 Å². The van der Waals surface area contributed by atoms with Gasteiger partial charge in [-0.1, -0.05) is 0 Å². The standard InChI is InChI=1S/C20H27N5O4/c1-20(2,3)25(19(28)29)13-6-8-22(9-7-13)11-14-12-23-16(26)5-4-15-18(23)24(14)17(27)10-21-15/h4-5,10,13-14H,6-9,11-12H2,1-3H3,(H,28,29). The average molecular weight is 401 g/mol. The van der Waals surface area contributed by atoms with E-state index in [-0.39, 0.29) is 23.2 Å². The van der Waals surface area contributed by atoms with Crippen molar-refractivity contribution in [2.45, 2.75) is 57.8 Å². The van der Waals surface area contributed by atoms with Crippen molar-refractivity contribution in [3.8, 4) is 0 Å². The highest BCUT2D eigenvalue weighted by molar-refractivity contribution is 5.71. The van der Waals surface area contributed by atoms with Gasteiger partial charge in [0.25, 0.3) is 11.1 Å². The highest BCUT2D eigenvalue weighted by Gasteiger charge is 2.36. The molecule has 1 saturated heterocycles. The lowest BCUT2D eigenvalue weighted by Gasteiger charge is -2.43. The summed E-state index contributed by atoms with van der Waals surface area (Å²) in [6.07, 6.45) is 1.94. The van der Waals surface area contributed by atoms with E-state index in [1.165, 1.54) is 12.3 Å². The summed E-state index contributed by atoms with van der Waals surface area (Å²) in [5.41, 5.74) is 0.478. The van der Waals surface area contributed by atoms with Crippen LogP contribution in [0.5, 0.6) is 0 Å². The zero-order valence-corrected chi connectivity index (χ0v) is 17.0. The van der Waals surface area contributed by atoms with Crippen molar-refractivity contribution < 1.29 is 9.90 Å². The quantitative estimate of drug-likeness (QED) is 0.833. The third-order valence-corrected chi connectivity index (χ3v) is 5.99. The molecule has 2 aromatic heterocycles. The van der Waals surface area contributed by atoms with Crippen molar-refractivity contribution in [3.05, 3.63) is 39.0 Å². The van der Waals surface area contributed by atoms with Gasteiger partial charge < -0.3 is 14.9 Å². The summed E-state index contributed by atoms with van der Waals surface area (Å²) in [5.74, 6) is 0. The first-order valence-electron chi connectivity index (χ1n) is 10.0. The lowest BCUT2D eigenvalue weighted by molar-refractivity contribution is 0.0397. The van der Waals surface area contributed by atoms with Crippen LogP contribution in [0.1, 0.15) is 39.7 Å². The summed E-state index contributed by atoms with van der Waals surface area (Å²) in [7, 11) is 0. The molecule has 4 heterocycles. The molecular weight excluding hydrogens is 374 g/mol. The summed E-state index contributed by atoms with van der Waals surface area (Å²) >= 11 is 0. The molecule has 2 aliphatic rings. The van der Waals surface area contributed by atoms with Crippen LogP contribution in [-0.2, 0) is 6.54 Å². The fourth-order valence-corrected chi connectivity index (χ4v) is 4.81. The van der Waals surface area contributed by atoms with Gasteiger partial charge in [-0.3, -0.25) is 18.7 Å². The SMILES string of the molecule is CC(C)(C)N(C(=O)O)C1CCN(CC2Cn3c(=O)ccc4ncc(=O)n2c43)CC1. The van der Waals surface area contributed by atoms with Crippen molar-refractivity contribution in [2.75, 3.05) is 19.6 Å². The normalized spacial score (nSPS) is 20.3. The molecule has 9 nitrogen and oxygen atoms in total. The monoisotopic (exact) mass is 401 g/mol. The van der Waals surface area contributed by atoms with Crippen molar-refractivity contribution in [1.29, 1.82) is 0 Å². The third kappa shape index (κ3) is 3.43. The Morgan fingerprint density at radius 2 is 1.90 bits per heavy atom. The second-order valence-electron chi connectivity index (χ2n) is 8.97. The minimum atomic E-state index is -0.882. The maximum atomic E-state index is 12.5. The lowest BCUT2D eigenvalue weighted by atomic mass is 9.96. The first-order chi connectivity index (χ1) is 13.7. The van der Waals surface area contributed by atoms with Crippen molar-refractivity contribution >= 4 is 17.3 Å². The topological polar surface area (TPSA) is 101 Å². The van der Waals surface area contributed by atoms with Crippen LogP contribution in [0.2, 0.25) is 0 Å². The Bertz CT molecular complexity index is 1050. The number of hydrogen-bond acceptors (Lipinski definition) is 5. The Morgan fingerprint density at radius 1 is 1.21 bits per heavy atom. The van der Waals surface area contributed by atoms with Crippen molar-refractivity contribution in [1.82, 2.24) is 23.9 Å². The van der Waals surface area contributed by atoms with Crippen LogP contribution in [0.4, 0.5) is 4.79 Å². The van der Waals surface area contributed by atoms with Gasteiger partial charge in [0.15, 0.2) is 0 Å². The predicted octanol–water partition coefficient (Wildman–Crippen LogP) is 1.36. The van der Waals surface area contributed by atoms with Gasteiger partial charge in [-0.15, -0.1) is 0 Å². The number of carboxylic acid groups (broad SMARTS) is 1. The Balaban J connectivity index is 1.50. The smallest absolute Gasteiger partial charge is 0.407 e. The highest BCUT2D eigenvalue weighted by Crippen LogP contribution is 2.27. The van der Waals surface area contributed by atoms with Gasteiger partial charge in [0.05, 0.1) is 12.2 Å². The molecule has 0 bridgehead atoms. The maximum Gasteiger partial charge on any atom is 0.407 e. The van der Waals surface area contributed by atoms with Gasteiger partial charge in [0.1, 0.15) is 11.2 Å². The summed E-state index contributed by atoms with van der Waals surface area (Å²) in [6, 6.07) is 3.01. The minimum absolute atomic E-state index is 0.0116. The number of rotatable bonds is 3. The summed E-state index contributed by atoms with van der Waals surface area (Å²) in [4.78, 5) is 44.5. The molecular formula is C20H27N5O4. The second kappa shape index (κ2) is 6.98. The van der Waals surface area contributed by atoms with E-state index in [4.69, 9.17) is 0 Å². The predicted molar refractivity (Wildman–Crippen MR) is 108 cm³/mol. The molecule has 0 aliphatic carbocycles. The van der Waals surface area contributed by atoms with Crippen LogP contribution in [0.25, 0.3) is 11.2 Å². The number of nitrogens with zero attached hydrogens (tertiary/aromatic N) is 5. The number of amides is 1. The summed E-state index contributed by atoms with van der Waals surface area (Å²) in [5, 5.41) is 9.63. The Hall–Kier alpha value is -2.68. The number of aromatic nitrogens is 3. The average Bonchev–Trinajstić information content (AvgIpc) is 3.02. The van der Waals surface area contributed by atoms with Gasteiger partial charge in [-0.2, -0.15) is 0 Å². The molecule has 0 radical (unpaired) electrons. The van der Waals surface area contributed by atoms with Gasteiger partial charge in [-0.25, -0.2) is 9.78 Å². The van der Waals surface area contributed by atoms with E-state index in [2.05, 4.69) is 9.88 Å². The number of carbonyl (C=O) groups is 1. The van der Waals surface area contributed by atoms with Gasteiger partial charge in [-0.05, 0) is 39.7 Å². The van der Waals surface area contributed by atoms with Crippen molar-refractivity contribution in [2.24, 2.45) is 0 Å². The molecule has 1 amide bonds. The first-order valence-corrected chi connectivity index (χ1v) is 10.0. The molecule has 1 atom stereocenters. The Kier molecular flexibility index (Phi) is 4.72. The zero-order valence-electron chi connectivity index (χ0n) is 17.0. The molecule has 0 spiro atoms. The van der Waals surface area contributed by atoms with Crippen LogP contribution >= 0.6 is 0 Å². The van der Waals surface area contributed by atoms with E-state index in [0.717, 1.165) is 25.9 Å². The fraction of sp³-hybridized carbons (Fsp3) is 0.600. The molecule has 2 aliphatic heterocycles. The van der Waals surface area contributed by atoms with E-state index >= 15 is 0 Å². The number of likely N-dealkylation sites (tertiary alicyclic amines) is 1.